The van der Waals surface area contributed by atoms with E-state index in [9.17, 15) is 14.7 Å². The van der Waals surface area contributed by atoms with E-state index in [1.807, 2.05) is 6.92 Å². The van der Waals surface area contributed by atoms with Crippen molar-refractivity contribution in [1.82, 2.24) is 0 Å². The first kappa shape index (κ1) is 17.9. The average molecular weight is 348 g/mol. The number of ether oxygens (including phenoxy) is 2. The number of hydrogen-bond donors (Lipinski definition) is 2. The van der Waals surface area contributed by atoms with Gasteiger partial charge < -0.3 is 19.7 Å². The van der Waals surface area contributed by atoms with Crippen LogP contribution in [0.15, 0.2) is 35.5 Å². The van der Waals surface area contributed by atoms with Crippen LogP contribution in [-0.4, -0.2) is 47.6 Å². The molecule has 0 amide bonds. The smallest absolute Gasteiger partial charge is 0.336 e. The van der Waals surface area contributed by atoms with E-state index >= 15 is 0 Å². The van der Waals surface area contributed by atoms with Crippen LogP contribution < -0.4 is 0 Å². The molecule has 6 heteroatoms. The van der Waals surface area contributed by atoms with E-state index in [1.54, 1.807) is 0 Å². The van der Waals surface area contributed by atoms with Gasteiger partial charge in [-0.25, -0.2) is 9.59 Å². The molecule has 136 valence electrons. The zero-order valence-electron chi connectivity index (χ0n) is 14.4. The lowest BCUT2D eigenvalue weighted by Gasteiger charge is -2.49. The molecule has 1 saturated carbocycles. The summed E-state index contributed by atoms with van der Waals surface area (Å²) in [4.78, 5) is 24.1. The molecule has 0 radical (unpaired) electrons. The van der Waals surface area contributed by atoms with Crippen LogP contribution in [-0.2, 0) is 19.1 Å². The van der Waals surface area contributed by atoms with Gasteiger partial charge in [-0.1, -0.05) is 20.1 Å². The van der Waals surface area contributed by atoms with E-state index in [0.717, 1.165) is 11.1 Å². The third-order valence-electron chi connectivity index (χ3n) is 5.90. The maximum atomic E-state index is 12.1. The third kappa shape index (κ3) is 2.73. The van der Waals surface area contributed by atoms with Crippen molar-refractivity contribution >= 4 is 11.9 Å². The summed E-state index contributed by atoms with van der Waals surface area (Å²) in [6.07, 6.45) is 1.70. The van der Waals surface area contributed by atoms with Gasteiger partial charge >= 0.3 is 11.9 Å². The van der Waals surface area contributed by atoms with Gasteiger partial charge in [-0.15, -0.1) is 0 Å². The fraction of sp³-hybridized carbons (Fsp3) is 0.579. The zero-order valence-corrected chi connectivity index (χ0v) is 14.4. The zero-order chi connectivity index (χ0) is 18.4. The molecule has 6 nitrogen and oxygen atoms in total. The van der Waals surface area contributed by atoms with Crippen LogP contribution in [0.4, 0.5) is 0 Å². The first-order valence-corrected chi connectivity index (χ1v) is 8.56. The van der Waals surface area contributed by atoms with Crippen molar-refractivity contribution in [2.24, 2.45) is 11.3 Å². The second-order valence-electron chi connectivity index (χ2n) is 7.28. The van der Waals surface area contributed by atoms with Crippen molar-refractivity contribution < 1.29 is 29.3 Å². The molecule has 25 heavy (non-hydrogen) atoms. The summed E-state index contributed by atoms with van der Waals surface area (Å²) in [5.74, 6) is -1.09. The number of fused-ring (bicyclic) bond motifs is 3. The average Bonchev–Trinajstić information content (AvgIpc) is 2.89. The van der Waals surface area contributed by atoms with Crippen molar-refractivity contribution in [2.75, 3.05) is 13.2 Å². The molecule has 1 aliphatic heterocycles. The van der Waals surface area contributed by atoms with Gasteiger partial charge in [0.2, 0.25) is 0 Å². The maximum Gasteiger partial charge on any atom is 0.336 e. The number of carbonyl (C=O) groups excluding carboxylic acids is 2. The van der Waals surface area contributed by atoms with Gasteiger partial charge in [-0.3, -0.25) is 0 Å². The highest BCUT2D eigenvalue weighted by molar-refractivity contribution is 5.91. The summed E-state index contributed by atoms with van der Waals surface area (Å²) >= 11 is 0. The number of hydrogen-bond acceptors (Lipinski definition) is 6. The van der Waals surface area contributed by atoms with Crippen LogP contribution >= 0.6 is 0 Å². The maximum absolute atomic E-state index is 12.1. The fourth-order valence-electron chi connectivity index (χ4n) is 4.44. The largest absolute Gasteiger partial charge is 0.458 e. The predicted molar refractivity (Wildman–Crippen MR) is 89.3 cm³/mol. The molecule has 3 aliphatic rings. The normalized spacial score (nSPS) is 34.3. The number of aliphatic hydroxyl groups is 2. The van der Waals surface area contributed by atoms with Gasteiger partial charge in [-0.2, -0.15) is 0 Å². The first-order chi connectivity index (χ1) is 11.8. The lowest BCUT2D eigenvalue weighted by molar-refractivity contribution is -0.154. The minimum Gasteiger partial charge on any atom is -0.458 e. The summed E-state index contributed by atoms with van der Waals surface area (Å²) in [6, 6.07) is 0. The predicted octanol–water partition coefficient (Wildman–Crippen LogP) is 1.43. The van der Waals surface area contributed by atoms with Crippen LogP contribution in [0.3, 0.4) is 0 Å². The minimum atomic E-state index is -0.615. The molecule has 4 atom stereocenters. The van der Waals surface area contributed by atoms with Crippen LogP contribution in [0.1, 0.15) is 32.6 Å². The molecule has 0 spiro atoms. The topological polar surface area (TPSA) is 93.1 Å². The molecular weight excluding hydrogens is 324 g/mol. The van der Waals surface area contributed by atoms with Gasteiger partial charge in [-0.05, 0) is 36.8 Å². The van der Waals surface area contributed by atoms with Crippen LogP contribution in [0.2, 0.25) is 0 Å². The highest BCUT2D eigenvalue weighted by atomic mass is 16.6. The molecule has 4 unspecified atom stereocenters. The molecule has 0 bridgehead atoms. The Morgan fingerprint density at radius 3 is 2.76 bits per heavy atom. The Kier molecular flexibility index (Phi) is 4.60. The van der Waals surface area contributed by atoms with E-state index < -0.39 is 36.2 Å². The van der Waals surface area contributed by atoms with Crippen molar-refractivity contribution in [2.45, 2.75) is 44.8 Å². The number of esters is 2. The Bertz CT molecular complexity index is 675. The van der Waals surface area contributed by atoms with Crippen molar-refractivity contribution in [1.29, 1.82) is 0 Å². The summed E-state index contributed by atoms with van der Waals surface area (Å²) in [5.41, 5.74) is 1.69. The van der Waals surface area contributed by atoms with Gasteiger partial charge in [0, 0.05) is 16.9 Å². The van der Waals surface area contributed by atoms with Crippen molar-refractivity contribution in [3.63, 3.8) is 0 Å². The highest BCUT2D eigenvalue weighted by Crippen LogP contribution is 2.56. The fourth-order valence-corrected chi connectivity index (χ4v) is 4.44. The van der Waals surface area contributed by atoms with Crippen molar-refractivity contribution in [3.8, 4) is 0 Å². The summed E-state index contributed by atoms with van der Waals surface area (Å²) in [7, 11) is 0. The Balaban J connectivity index is 1.96. The van der Waals surface area contributed by atoms with Crippen LogP contribution in [0, 0.1) is 11.3 Å². The molecule has 0 aromatic rings. The summed E-state index contributed by atoms with van der Waals surface area (Å²) in [5, 5.41) is 18.9. The molecule has 1 heterocycles. The second-order valence-corrected chi connectivity index (χ2v) is 7.28. The van der Waals surface area contributed by atoms with Gasteiger partial charge in [0.1, 0.15) is 12.2 Å². The third-order valence-corrected chi connectivity index (χ3v) is 5.90. The minimum absolute atomic E-state index is 0.0106. The first-order valence-electron chi connectivity index (χ1n) is 8.56. The Morgan fingerprint density at radius 2 is 2.12 bits per heavy atom. The molecular formula is C19H24O6. The standard InChI is InChI=1S/C19H24O6/c1-10(8-20)17(22)24-14-5-4-12(9-21)15-16-13(6-7-19(14,15)3)11(2)18(23)25-16/h13-14,16,20-21H,1-2,4-9H2,3H3. The Hall–Kier alpha value is -1.92. The number of carbonyl (C=O) groups is 2. The van der Waals surface area contributed by atoms with E-state index in [2.05, 4.69) is 13.2 Å². The lowest BCUT2D eigenvalue weighted by atomic mass is 9.58. The Morgan fingerprint density at radius 1 is 1.40 bits per heavy atom. The molecule has 2 N–H and O–H groups in total. The SMILES string of the molecule is C=C(CO)C(=O)OC1CCC(CO)=C2C3OC(=O)C(=C)C3CCC21C. The number of aliphatic hydroxyl groups excluding tert-OH is 2. The molecule has 2 fully saturated rings. The molecule has 3 rings (SSSR count). The summed E-state index contributed by atoms with van der Waals surface area (Å²) in [6.45, 7) is 8.79. The quantitative estimate of drug-likeness (QED) is 0.453. The molecule has 1 saturated heterocycles. The van der Waals surface area contributed by atoms with E-state index in [-0.39, 0.29) is 18.1 Å². The van der Waals surface area contributed by atoms with Crippen molar-refractivity contribution in [3.05, 3.63) is 35.5 Å². The second kappa shape index (κ2) is 6.42. The Labute approximate surface area is 146 Å². The lowest BCUT2D eigenvalue weighted by Crippen LogP contribution is -2.49. The van der Waals surface area contributed by atoms with Gasteiger partial charge in [0.15, 0.2) is 0 Å². The summed E-state index contributed by atoms with van der Waals surface area (Å²) < 4.78 is 11.2. The van der Waals surface area contributed by atoms with E-state index in [0.29, 0.717) is 31.3 Å². The highest BCUT2D eigenvalue weighted by Gasteiger charge is 2.56. The molecule has 0 aromatic heterocycles. The van der Waals surface area contributed by atoms with Crippen LogP contribution in [0.25, 0.3) is 0 Å². The monoisotopic (exact) mass is 348 g/mol. The van der Waals surface area contributed by atoms with Gasteiger partial charge in [0.05, 0.1) is 18.8 Å². The van der Waals surface area contributed by atoms with Crippen LogP contribution in [0.5, 0.6) is 0 Å². The van der Waals surface area contributed by atoms with E-state index in [4.69, 9.17) is 14.6 Å². The molecule has 0 aromatic carbocycles. The number of rotatable bonds is 4. The molecule has 2 aliphatic carbocycles. The van der Waals surface area contributed by atoms with Gasteiger partial charge in [0.25, 0.3) is 0 Å². The van der Waals surface area contributed by atoms with E-state index in [1.165, 1.54) is 0 Å².